The average molecular weight is 253 g/mol. The van der Waals surface area contributed by atoms with Crippen molar-refractivity contribution in [3.8, 4) is 6.07 Å². The molecule has 1 fully saturated rings. The Morgan fingerprint density at radius 2 is 2.33 bits per heavy atom. The molecule has 0 bridgehead atoms. The maximum absolute atomic E-state index is 9.25. The van der Waals surface area contributed by atoms with Gasteiger partial charge in [0.2, 0.25) is 0 Å². The van der Waals surface area contributed by atoms with Gasteiger partial charge < -0.3 is 15.0 Å². The van der Waals surface area contributed by atoms with E-state index in [4.69, 9.17) is 4.74 Å². The number of piperidine rings is 1. The minimum Gasteiger partial charge on any atom is -0.380 e. The van der Waals surface area contributed by atoms with E-state index in [2.05, 4.69) is 23.2 Å². The smallest absolute Gasteiger partial charge is 0.106 e. The Balaban J connectivity index is 2.30. The van der Waals surface area contributed by atoms with Gasteiger partial charge in [0.25, 0.3) is 0 Å². The van der Waals surface area contributed by atoms with Gasteiger partial charge in [-0.3, -0.25) is 0 Å². The van der Waals surface area contributed by atoms with Gasteiger partial charge in [-0.2, -0.15) is 5.26 Å². The number of rotatable bonds is 7. The maximum Gasteiger partial charge on any atom is 0.106 e. The van der Waals surface area contributed by atoms with Gasteiger partial charge in [0.15, 0.2) is 0 Å². The van der Waals surface area contributed by atoms with Gasteiger partial charge in [-0.05, 0) is 52.2 Å². The first-order valence-corrected chi connectivity index (χ1v) is 7.05. The summed E-state index contributed by atoms with van der Waals surface area (Å²) in [6, 6.07) is 2.42. The van der Waals surface area contributed by atoms with Gasteiger partial charge in [0, 0.05) is 13.7 Å². The standard InChI is InChI=1S/C14H27N3O/c1-4-14(12-15,16-2)8-6-10-17-9-5-7-13(11-17)18-3/h13,16H,4-11H2,1-3H3. The molecule has 0 aromatic heterocycles. The van der Waals surface area contributed by atoms with Crippen LogP contribution >= 0.6 is 0 Å². The van der Waals surface area contributed by atoms with E-state index in [1.807, 2.05) is 7.05 Å². The summed E-state index contributed by atoms with van der Waals surface area (Å²) in [5.74, 6) is 0. The lowest BCUT2D eigenvalue weighted by Gasteiger charge is -2.33. The Morgan fingerprint density at radius 3 is 2.89 bits per heavy atom. The molecular weight excluding hydrogens is 226 g/mol. The first-order valence-electron chi connectivity index (χ1n) is 7.05. The number of hydrogen-bond donors (Lipinski definition) is 1. The monoisotopic (exact) mass is 253 g/mol. The van der Waals surface area contributed by atoms with E-state index in [-0.39, 0.29) is 5.54 Å². The third-order valence-electron chi connectivity index (χ3n) is 4.17. The molecule has 0 aromatic carbocycles. The van der Waals surface area contributed by atoms with E-state index in [1.165, 1.54) is 19.4 Å². The lowest BCUT2D eigenvalue weighted by Crippen LogP contribution is -2.43. The molecule has 1 aliphatic rings. The summed E-state index contributed by atoms with van der Waals surface area (Å²) in [4.78, 5) is 2.46. The zero-order valence-electron chi connectivity index (χ0n) is 12.0. The van der Waals surface area contributed by atoms with Gasteiger partial charge in [-0.15, -0.1) is 0 Å². The number of nitrogens with zero attached hydrogens (tertiary/aromatic N) is 2. The van der Waals surface area contributed by atoms with Crippen molar-refractivity contribution in [3.63, 3.8) is 0 Å². The molecule has 1 heterocycles. The number of methoxy groups -OCH3 is 1. The second-order valence-corrected chi connectivity index (χ2v) is 5.20. The molecule has 2 atom stereocenters. The van der Waals surface area contributed by atoms with Crippen molar-refractivity contribution in [3.05, 3.63) is 0 Å². The Labute approximate surface area is 111 Å². The molecule has 2 unspecified atom stereocenters. The van der Waals surface area contributed by atoms with Crippen LogP contribution in [0, 0.1) is 11.3 Å². The lowest BCUT2D eigenvalue weighted by atomic mass is 9.92. The molecule has 0 amide bonds. The first-order chi connectivity index (χ1) is 8.69. The Morgan fingerprint density at radius 1 is 1.56 bits per heavy atom. The molecule has 0 aliphatic carbocycles. The largest absolute Gasteiger partial charge is 0.380 e. The quantitative estimate of drug-likeness (QED) is 0.751. The average Bonchev–Trinajstić information content (AvgIpc) is 2.44. The molecule has 4 nitrogen and oxygen atoms in total. The lowest BCUT2D eigenvalue weighted by molar-refractivity contribution is 0.0304. The number of hydrogen-bond acceptors (Lipinski definition) is 4. The molecule has 1 rings (SSSR count). The predicted molar refractivity (Wildman–Crippen MR) is 73.4 cm³/mol. The highest BCUT2D eigenvalue weighted by atomic mass is 16.5. The van der Waals surface area contributed by atoms with Crippen molar-refractivity contribution in [2.45, 2.75) is 50.7 Å². The van der Waals surface area contributed by atoms with Gasteiger partial charge in [0.05, 0.1) is 12.2 Å². The highest BCUT2D eigenvalue weighted by Crippen LogP contribution is 2.18. The van der Waals surface area contributed by atoms with E-state index < -0.39 is 0 Å². The molecule has 4 heteroatoms. The van der Waals surface area contributed by atoms with Crippen molar-refractivity contribution in [2.24, 2.45) is 0 Å². The van der Waals surface area contributed by atoms with Crippen LogP contribution in [0.1, 0.15) is 39.0 Å². The zero-order chi connectivity index (χ0) is 13.4. The fraction of sp³-hybridized carbons (Fsp3) is 0.929. The molecule has 1 saturated heterocycles. The predicted octanol–water partition coefficient (Wildman–Crippen LogP) is 1.77. The zero-order valence-corrected chi connectivity index (χ0v) is 12.0. The van der Waals surface area contributed by atoms with Crippen molar-refractivity contribution in [2.75, 3.05) is 33.8 Å². The third-order valence-corrected chi connectivity index (χ3v) is 4.17. The highest BCUT2D eigenvalue weighted by Gasteiger charge is 2.26. The molecule has 0 spiro atoms. The molecule has 104 valence electrons. The normalized spacial score (nSPS) is 24.4. The molecule has 0 radical (unpaired) electrons. The Kier molecular flexibility index (Phi) is 6.62. The fourth-order valence-electron chi connectivity index (χ4n) is 2.68. The summed E-state index contributed by atoms with van der Waals surface area (Å²) in [7, 11) is 3.68. The summed E-state index contributed by atoms with van der Waals surface area (Å²) in [6.45, 7) is 5.36. The third kappa shape index (κ3) is 4.24. The SMILES string of the molecule is CCC(C#N)(CCCN1CCCC(OC)C1)NC. The number of ether oxygens (including phenoxy) is 1. The van der Waals surface area contributed by atoms with Gasteiger partial charge >= 0.3 is 0 Å². The molecule has 1 aliphatic heterocycles. The van der Waals surface area contributed by atoms with Gasteiger partial charge in [-0.1, -0.05) is 6.92 Å². The fourth-order valence-corrected chi connectivity index (χ4v) is 2.68. The minimum atomic E-state index is -0.337. The second-order valence-electron chi connectivity index (χ2n) is 5.20. The van der Waals surface area contributed by atoms with Crippen molar-refractivity contribution in [1.29, 1.82) is 5.26 Å². The first kappa shape index (κ1) is 15.4. The van der Waals surface area contributed by atoms with Crippen molar-refractivity contribution in [1.82, 2.24) is 10.2 Å². The second kappa shape index (κ2) is 7.73. The van der Waals surface area contributed by atoms with E-state index in [0.717, 1.165) is 32.4 Å². The minimum absolute atomic E-state index is 0.337. The summed E-state index contributed by atoms with van der Waals surface area (Å²) in [5.41, 5.74) is -0.337. The summed E-state index contributed by atoms with van der Waals surface area (Å²) in [6.07, 6.45) is 5.65. The van der Waals surface area contributed by atoms with E-state index in [1.54, 1.807) is 7.11 Å². The van der Waals surface area contributed by atoms with E-state index in [0.29, 0.717) is 6.10 Å². The van der Waals surface area contributed by atoms with Crippen LogP contribution in [-0.4, -0.2) is 50.3 Å². The summed E-state index contributed by atoms with van der Waals surface area (Å²) < 4.78 is 5.43. The number of likely N-dealkylation sites (tertiary alicyclic amines) is 1. The van der Waals surface area contributed by atoms with Crippen LogP contribution in [0.15, 0.2) is 0 Å². The molecule has 1 N–H and O–H groups in total. The van der Waals surface area contributed by atoms with Gasteiger partial charge in [0.1, 0.15) is 5.54 Å². The van der Waals surface area contributed by atoms with Crippen LogP contribution in [0.4, 0.5) is 0 Å². The topological polar surface area (TPSA) is 48.3 Å². The molecule has 18 heavy (non-hydrogen) atoms. The van der Waals surface area contributed by atoms with Crippen LogP contribution in [0.5, 0.6) is 0 Å². The molecule has 0 saturated carbocycles. The molecule has 0 aromatic rings. The number of nitriles is 1. The van der Waals surface area contributed by atoms with Gasteiger partial charge in [-0.25, -0.2) is 0 Å². The van der Waals surface area contributed by atoms with Crippen LogP contribution in [0.3, 0.4) is 0 Å². The summed E-state index contributed by atoms with van der Waals surface area (Å²) >= 11 is 0. The van der Waals surface area contributed by atoms with Crippen LogP contribution in [0.25, 0.3) is 0 Å². The van der Waals surface area contributed by atoms with Crippen molar-refractivity contribution >= 4 is 0 Å². The number of nitrogens with one attached hydrogen (secondary N) is 1. The van der Waals surface area contributed by atoms with Crippen LogP contribution < -0.4 is 5.32 Å². The van der Waals surface area contributed by atoms with Crippen molar-refractivity contribution < 1.29 is 4.74 Å². The highest BCUT2D eigenvalue weighted by molar-refractivity contribution is 5.05. The Hall–Kier alpha value is -0.630. The Bertz CT molecular complexity index is 271. The van der Waals surface area contributed by atoms with E-state index >= 15 is 0 Å². The van der Waals surface area contributed by atoms with Crippen LogP contribution in [0.2, 0.25) is 0 Å². The molecular formula is C14H27N3O. The van der Waals surface area contributed by atoms with E-state index in [9.17, 15) is 5.26 Å². The maximum atomic E-state index is 9.25. The van der Waals surface area contributed by atoms with Crippen LogP contribution in [-0.2, 0) is 4.74 Å². The summed E-state index contributed by atoms with van der Waals surface area (Å²) in [5, 5.41) is 12.4.